The molecule has 0 aromatic heterocycles. The van der Waals surface area contributed by atoms with E-state index in [1.54, 1.807) is 0 Å². The van der Waals surface area contributed by atoms with Crippen molar-refractivity contribution in [1.29, 1.82) is 5.26 Å². The third-order valence-corrected chi connectivity index (χ3v) is 3.62. The van der Waals surface area contributed by atoms with Crippen LogP contribution in [0.15, 0.2) is 18.2 Å². The number of rotatable bonds is 4. The second-order valence-electron chi connectivity index (χ2n) is 5.32. The van der Waals surface area contributed by atoms with Crippen molar-refractivity contribution in [2.75, 3.05) is 25.0 Å². The average molecular weight is 272 g/mol. The summed E-state index contributed by atoms with van der Waals surface area (Å²) in [7, 11) is 0. The molecule has 1 amide bonds. The number of carbonyl (C=O) groups excluding carboxylic acids is 1. The van der Waals surface area contributed by atoms with Crippen LogP contribution in [0.4, 0.5) is 5.69 Å². The van der Waals surface area contributed by atoms with E-state index in [0.29, 0.717) is 18.2 Å². The summed E-state index contributed by atoms with van der Waals surface area (Å²) in [5.41, 5.74) is 7.92. The summed E-state index contributed by atoms with van der Waals surface area (Å²) in [5.74, 6) is -0.276. The molecule has 5 nitrogen and oxygen atoms in total. The van der Waals surface area contributed by atoms with Gasteiger partial charge in [-0.25, -0.2) is 0 Å². The highest BCUT2D eigenvalue weighted by Crippen LogP contribution is 2.21. The normalized spacial score (nSPS) is 16.6. The maximum atomic E-state index is 10.9. The number of hydrogen-bond donors (Lipinski definition) is 2. The highest BCUT2D eigenvalue weighted by atomic mass is 16.1. The predicted molar refractivity (Wildman–Crippen MR) is 78.2 cm³/mol. The van der Waals surface area contributed by atoms with E-state index in [1.165, 1.54) is 0 Å². The van der Waals surface area contributed by atoms with E-state index >= 15 is 0 Å². The van der Waals surface area contributed by atoms with Crippen molar-refractivity contribution in [3.63, 3.8) is 0 Å². The van der Waals surface area contributed by atoms with Crippen molar-refractivity contribution < 1.29 is 4.79 Å². The Labute approximate surface area is 119 Å². The van der Waals surface area contributed by atoms with Crippen LogP contribution in [0.2, 0.25) is 0 Å². The second kappa shape index (κ2) is 6.40. The van der Waals surface area contributed by atoms with Crippen LogP contribution in [0.3, 0.4) is 0 Å². The van der Waals surface area contributed by atoms with Crippen molar-refractivity contribution in [3.8, 4) is 6.07 Å². The van der Waals surface area contributed by atoms with E-state index in [1.807, 2.05) is 25.1 Å². The van der Waals surface area contributed by atoms with Gasteiger partial charge < -0.3 is 11.1 Å². The summed E-state index contributed by atoms with van der Waals surface area (Å²) < 4.78 is 0. The van der Waals surface area contributed by atoms with Crippen molar-refractivity contribution in [2.45, 2.75) is 25.8 Å². The summed E-state index contributed by atoms with van der Waals surface area (Å²) in [6, 6.07) is 8.35. The molecule has 1 saturated heterocycles. The number of nitrogens with zero attached hydrogens (tertiary/aromatic N) is 2. The number of nitrogens with two attached hydrogens (primary N) is 1. The molecule has 0 saturated carbocycles. The van der Waals surface area contributed by atoms with Crippen LogP contribution in [-0.4, -0.2) is 36.5 Å². The molecular weight excluding hydrogens is 252 g/mol. The largest absolute Gasteiger partial charge is 0.381 e. The Kier molecular flexibility index (Phi) is 4.59. The van der Waals surface area contributed by atoms with E-state index in [4.69, 9.17) is 11.0 Å². The first-order chi connectivity index (χ1) is 9.58. The minimum atomic E-state index is -0.276. The van der Waals surface area contributed by atoms with Gasteiger partial charge in [-0.05, 0) is 37.5 Å². The number of nitriles is 1. The van der Waals surface area contributed by atoms with Crippen LogP contribution in [0, 0.1) is 18.3 Å². The Balaban J connectivity index is 1.94. The zero-order valence-electron chi connectivity index (χ0n) is 11.7. The molecule has 2 rings (SSSR count). The van der Waals surface area contributed by atoms with Crippen LogP contribution in [0.1, 0.15) is 24.0 Å². The highest BCUT2D eigenvalue weighted by molar-refractivity contribution is 5.75. The zero-order chi connectivity index (χ0) is 14.5. The minimum absolute atomic E-state index is 0.276. The Morgan fingerprint density at radius 3 is 2.80 bits per heavy atom. The van der Waals surface area contributed by atoms with Crippen LogP contribution in [-0.2, 0) is 4.79 Å². The number of amides is 1. The molecule has 0 spiro atoms. The van der Waals surface area contributed by atoms with Crippen molar-refractivity contribution in [2.24, 2.45) is 5.73 Å². The first kappa shape index (κ1) is 14.4. The molecular formula is C15H20N4O. The van der Waals surface area contributed by atoms with Gasteiger partial charge in [0.15, 0.2) is 0 Å². The number of piperidine rings is 1. The number of anilines is 1. The molecule has 5 heteroatoms. The van der Waals surface area contributed by atoms with E-state index in [2.05, 4.69) is 16.3 Å². The second-order valence-corrected chi connectivity index (χ2v) is 5.32. The SMILES string of the molecule is Cc1ccc(C#N)c(NC2CCN(CC(N)=O)CC2)c1. The topological polar surface area (TPSA) is 82.2 Å². The summed E-state index contributed by atoms with van der Waals surface area (Å²) in [4.78, 5) is 13.0. The monoisotopic (exact) mass is 272 g/mol. The van der Waals surface area contributed by atoms with Gasteiger partial charge in [0.05, 0.1) is 17.8 Å². The average Bonchev–Trinajstić information content (AvgIpc) is 2.41. The van der Waals surface area contributed by atoms with Crippen LogP contribution in [0.25, 0.3) is 0 Å². The van der Waals surface area contributed by atoms with Gasteiger partial charge in [0.2, 0.25) is 5.91 Å². The Hall–Kier alpha value is -2.06. The molecule has 1 aliphatic heterocycles. The van der Waals surface area contributed by atoms with Gasteiger partial charge in [-0.3, -0.25) is 9.69 Å². The fourth-order valence-electron chi connectivity index (χ4n) is 2.55. The molecule has 1 aliphatic rings. The number of nitrogens with one attached hydrogen (secondary N) is 1. The fraction of sp³-hybridized carbons (Fsp3) is 0.467. The summed E-state index contributed by atoms with van der Waals surface area (Å²) in [5, 5.41) is 12.6. The molecule has 3 N–H and O–H groups in total. The van der Waals surface area contributed by atoms with E-state index in [-0.39, 0.29) is 5.91 Å². The van der Waals surface area contributed by atoms with E-state index in [9.17, 15) is 4.79 Å². The number of carbonyl (C=O) groups is 1. The summed E-state index contributed by atoms with van der Waals surface area (Å²) in [6.45, 7) is 4.06. The Morgan fingerprint density at radius 1 is 1.50 bits per heavy atom. The van der Waals surface area contributed by atoms with Crippen molar-refractivity contribution in [3.05, 3.63) is 29.3 Å². The Morgan fingerprint density at radius 2 is 2.20 bits per heavy atom. The molecule has 1 fully saturated rings. The molecule has 1 heterocycles. The Bertz CT molecular complexity index is 527. The predicted octanol–water partition coefficient (Wildman–Crippen LogP) is 1.23. The lowest BCUT2D eigenvalue weighted by molar-refractivity contribution is -0.119. The maximum absolute atomic E-state index is 10.9. The van der Waals surface area contributed by atoms with Gasteiger partial charge in [-0.1, -0.05) is 6.07 Å². The van der Waals surface area contributed by atoms with Gasteiger partial charge in [-0.2, -0.15) is 5.26 Å². The first-order valence-corrected chi connectivity index (χ1v) is 6.86. The fourth-order valence-corrected chi connectivity index (χ4v) is 2.55. The smallest absolute Gasteiger partial charge is 0.231 e. The molecule has 0 atom stereocenters. The number of primary amides is 1. The number of hydrogen-bond acceptors (Lipinski definition) is 4. The summed E-state index contributed by atoms with van der Waals surface area (Å²) >= 11 is 0. The van der Waals surface area contributed by atoms with Gasteiger partial charge >= 0.3 is 0 Å². The van der Waals surface area contributed by atoms with Gasteiger partial charge in [0.1, 0.15) is 6.07 Å². The molecule has 106 valence electrons. The minimum Gasteiger partial charge on any atom is -0.381 e. The quantitative estimate of drug-likeness (QED) is 0.863. The summed E-state index contributed by atoms with van der Waals surface area (Å²) in [6.07, 6.45) is 1.90. The molecule has 0 radical (unpaired) electrons. The van der Waals surface area contributed by atoms with E-state index < -0.39 is 0 Å². The molecule has 20 heavy (non-hydrogen) atoms. The van der Waals surface area contributed by atoms with Crippen LogP contribution < -0.4 is 11.1 Å². The van der Waals surface area contributed by atoms with Gasteiger partial charge in [-0.15, -0.1) is 0 Å². The van der Waals surface area contributed by atoms with Crippen molar-refractivity contribution in [1.82, 2.24) is 4.90 Å². The van der Waals surface area contributed by atoms with Gasteiger partial charge in [0, 0.05) is 19.1 Å². The third-order valence-electron chi connectivity index (χ3n) is 3.62. The molecule has 0 unspecified atom stereocenters. The first-order valence-electron chi connectivity index (χ1n) is 6.86. The molecule has 0 bridgehead atoms. The van der Waals surface area contributed by atoms with Crippen LogP contribution in [0.5, 0.6) is 0 Å². The number of benzene rings is 1. The van der Waals surface area contributed by atoms with Gasteiger partial charge in [0.25, 0.3) is 0 Å². The number of aryl methyl sites for hydroxylation is 1. The lowest BCUT2D eigenvalue weighted by atomic mass is 10.0. The zero-order valence-corrected chi connectivity index (χ0v) is 11.7. The van der Waals surface area contributed by atoms with Crippen molar-refractivity contribution >= 4 is 11.6 Å². The highest BCUT2D eigenvalue weighted by Gasteiger charge is 2.20. The molecule has 1 aromatic rings. The number of likely N-dealkylation sites (tertiary alicyclic amines) is 1. The third kappa shape index (κ3) is 3.72. The molecule has 0 aliphatic carbocycles. The standard InChI is InChI=1S/C15H20N4O/c1-11-2-3-12(9-16)14(8-11)18-13-4-6-19(7-5-13)10-15(17)20/h2-3,8,13,18H,4-7,10H2,1H3,(H2,17,20). The lowest BCUT2D eigenvalue weighted by Gasteiger charge is -2.32. The molecule has 1 aromatic carbocycles. The van der Waals surface area contributed by atoms with Crippen LogP contribution >= 0.6 is 0 Å². The maximum Gasteiger partial charge on any atom is 0.231 e. The lowest BCUT2D eigenvalue weighted by Crippen LogP contribution is -2.43. The van der Waals surface area contributed by atoms with E-state index in [0.717, 1.165) is 37.2 Å².